The van der Waals surface area contributed by atoms with Gasteiger partial charge in [0, 0.05) is 5.56 Å². The predicted molar refractivity (Wildman–Crippen MR) is 62.8 cm³/mol. The maximum absolute atomic E-state index is 12.9. The standard InChI is InChI=1S/C13H15FN2/c1-3-4-10(8-15)13(16)12-6-5-11(14)7-9(12)2/h5-7H,3-4,16H2,1-2H3/b13-10-. The molecule has 0 saturated heterocycles. The lowest BCUT2D eigenvalue weighted by atomic mass is 10.0. The predicted octanol–water partition coefficient (Wildman–Crippen LogP) is 3.13. The minimum absolute atomic E-state index is 0.289. The Labute approximate surface area is 95.2 Å². The van der Waals surface area contributed by atoms with E-state index in [1.165, 1.54) is 12.1 Å². The number of nitrogens with zero attached hydrogens (tertiary/aromatic N) is 1. The van der Waals surface area contributed by atoms with Gasteiger partial charge in [-0.25, -0.2) is 4.39 Å². The molecule has 0 unspecified atom stereocenters. The van der Waals surface area contributed by atoms with Crippen LogP contribution in [-0.2, 0) is 0 Å². The number of hydrogen-bond donors (Lipinski definition) is 1. The largest absolute Gasteiger partial charge is 0.397 e. The van der Waals surface area contributed by atoms with Gasteiger partial charge in [0.15, 0.2) is 0 Å². The van der Waals surface area contributed by atoms with E-state index in [1.54, 1.807) is 13.0 Å². The summed E-state index contributed by atoms with van der Waals surface area (Å²) in [6.07, 6.45) is 1.52. The molecule has 0 radical (unpaired) electrons. The zero-order chi connectivity index (χ0) is 12.1. The molecule has 0 aliphatic carbocycles. The molecule has 0 atom stereocenters. The van der Waals surface area contributed by atoms with Crippen LogP contribution in [0.1, 0.15) is 30.9 Å². The summed E-state index contributed by atoms with van der Waals surface area (Å²) < 4.78 is 12.9. The van der Waals surface area contributed by atoms with Gasteiger partial charge in [-0.2, -0.15) is 5.26 Å². The molecule has 1 aromatic rings. The maximum Gasteiger partial charge on any atom is 0.123 e. The van der Waals surface area contributed by atoms with Crippen molar-refractivity contribution in [3.8, 4) is 6.07 Å². The lowest BCUT2D eigenvalue weighted by Crippen LogP contribution is -2.03. The Balaban J connectivity index is 3.22. The van der Waals surface area contributed by atoms with Gasteiger partial charge >= 0.3 is 0 Å². The molecule has 2 nitrogen and oxygen atoms in total. The maximum atomic E-state index is 12.9. The second-order valence-electron chi connectivity index (χ2n) is 3.71. The minimum atomic E-state index is -0.289. The van der Waals surface area contributed by atoms with Crippen LogP contribution < -0.4 is 5.73 Å². The van der Waals surface area contributed by atoms with Crippen molar-refractivity contribution in [1.82, 2.24) is 0 Å². The fourth-order valence-corrected chi connectivity index (χ4v) is 1.59. The lowest BCUT2D eigenvalue weighted by Gasteiger charge is -2.08. The van der Waals surface area contributed by atoms with Gasteiger partial charge in [0.25, 0.3) is 0 Å². The van der Waals surface area contributed by atoms with Crippen molar-refractivity contribution in [3.05, 3.63) is 40.7 Å². The van der Waals surface area contributed by atoms with Crippen LogP contribution in [0.5, 0.6) is 0 Å². The third-order valence-corrected chi connectivity index (χ3v) is 2.44. The highest BCUT2D eigenvalue weighted by Crippen LogP contribution is 2.20. The van der Waals surface area contributed by atoms with Crippen molar-refractivity contribution >= 4 is 5.70 Å². The van der Waals surface area contributed by atoms with Gasteiger partial charge in [-0.3, -0.25) is 0 Å². The summed E-state index contributed by atoms with van der Waals surface area (Å²) in [6.45, 7) is 3.77. The summed E-state index contributed by atoms with van der Waals surface area (Å²) in [5.74, 6) is -0.289. The first-order chi connectivity index (χ1) is 7.60. The monoisotopic (exact) mass is 218 g/mol. The summed E-state index contributed by atoms with van der Waals surface area (Å²) in [6, 6.07) is 6.50. The van der Waals surface area contributed by atoms with E-state index >= 15 is 0 Å². The van der Waals surface area contributed by atoms with Crippen molar-refractivity contribution in [1.29, 1.82) is 5.26 Å². The molecule has 0 aliphatic heterocycles. The Morgan fingerprint density at radius 1 is 1.50 bits per heavy atom. The molecule has 0 bridgehead atoms. The van der Waals surface area contributed by atoms with Crippen molar-refractivity contribution < 1.29 is 4.39 Å². The molecule has 0 heterocycles. The van der Waals surface area contributed by atoms with Gasteiger partial charge in [0.05, 0.1) is 17.3 Å². The topological polar surface area (TPSA) is 49.8 Å². The van der Waals surface area contributed by atoms with Crippen LogP contribution in [0.2, 0.25) is 0 Å². The van der Waals surface area contributed by atoms with Crippen LogP contribution in [0.3, 0.4) is 0 Å². The molecular formula is C13H15FN2. The average molecular weight is 218 g/mol. The van der Waals surface area contributed by atoms with Gasteiger partial charge < -0.3 is 5.73 Å². The van der Waals surface area contributed by atoms with Crippen molar-refractivity contribution in [2.45, 2.75) is 26.7 Å². The Bertz CT molecular complexity index is 455. The molecule has 0 aliphatic rings. The first kappa shape index (κ1) is 12.3. The highest BCUT2D eigenvalue weighted by molar-refractivity contribution is 5.71. The number of benzene rings is 1. The van der Waals surface area contributed by atoms with Gasteiger partial charge in [-0.15, -0.1) is 0 Å². The fraction of sp³-hybridized carbons (Fsp3) is 0.308. The molecule has 0 amide bonds. The SMILES string of the molecule is CCC/C(C#N)=C(/N)c1ccc(F)cc1C. The van der Waals surface area contributed by atoms with Crippen LogP contribution in [0.15, 0.2) is 23.8 Å². The number of hydrogen-bond acceptors (Lipinski definition) is 2. The van der Waals surface area contributed by atoms with E-state index in [1.807, 2.05) is 6.92 Å². The molecule has 0 fully saturated rings. The zero-order valence-corrected chi connectivity index (χ0v) is 9.55. The Kier molecular flexibility index (Phi) is 4.07. The summed E-state index contributed by atoms with van der Waals surface area (Å²) in [4.78, 5) is 0. The van der Waals surface area contributed by atoms with Crippen LogP contribution in [-0.4, -0.2) is 0 Å². The van der Waals surface area contributed by atoms with E-state index in [-0.39, 0.29) is 5.82 Å². The Morgan fingerprint density at radius 2 is 2.19 bits per heavy atom. The molecule has 0 aromatic heterocycles. The van der Waals surface area contributed by atoms with Crippen LogP contribution >= 0.6 is 0 Å². The Morgan fingerprint density at radius 3 is 2.69 bits per heavy atom. The summed E-state index contributed by atoms with van der Waals surface area (Å²) in [7, 11) is 0. The summed E-state index contributed by atoms with van der Waals surface area (Å²) >= 11 is 0. The van der Waals surface area contributed by atoms with E-state index in [2.05, 4.69) is 6.07 Å². The highest BCUT2D eigenvalue weighted by Gasteiger charge is 2.08. The number of rotatable bonds is 3. The molecule has 84 valence electrons. The van der Waals surface area contributed by atoms with Crippen molar-refractivity contribution in [2.24, 2.45) is 5.73 Å². The molecule has 3 heteroatoms. The van der Waals surface area contributed by atoms with Gasteiger partial charge in [0.1, 0.15) is 5.82 Å². The smallest absolute Gasteiger partial charge is 0.123 e. The molecular weight excluding hydrogens is 203 g/mol. The van der Waals surface area contributed by atoms with Gasteiger partial charge in [-0.05, 0) is 37.1 Å². The molecule has 16 heavy (non-hydrogen) atoms. The van der Waals surface area contributed by atoms with Crippen molar-refractivity contribution in [2.75, 3.05) is 0 Å². The highest BCUT2D eigenvalue weighted by atomic mass is 19.1. The van der Waals surface area contributed by atoms with E-state index in [9.17, 15) is 4.39 Å². The number of nitrogens with two attached hydrogens (primary N) is 1. The molecule has 2 N–H and O–H groups in total. The summed E-state index contributed by atoms with van der Waals surface area (Å²) in [5, 5.41) is 8.97. The lowest BCUT2D eigenvalue weighted by molar-refractivity contribution is 0.626. The van der Waals surface area contributed by atoms with E-state index in [4.69, 9.17) is 11.0 Å². The molecule has 1 rings (SSSR count). The second kappa shape index (κ2) is 5.32. The van der Waals surface area contributed by atoms with E-state index in [0.717, 1.165) is 17.5 Å². The number of nitriles is 1. The van der Waals surface area contributed by atoms with Gasteiger partial charge in [-0.1, -0.05) is 13.3 Å². The molecule has 1 aromatic carbocycles. The normalized spacial score (nSPS) is 11.9. The number of halogens is 1. The quantitative estimate of drug-likeness (QED) is 0.792. The van der Waals surface area contributed by atoms with Crippen molar-refractivity contribution in [3.63, 3.8) is 0 Å². The average Bonchev–Trinajstić information content (AvgIpc) is 2.25. The van der Waals surface area contributed by atoms with E-state index < -0.39 is 0 Å². The Hall–Kier alpha value is -1.82. The number of aryl methyl sites for hydroxylation is 1. The van der Waals surface area contributed by atoms with Crippen LogP contribution in [0.25, 0.3) is 5.70 Å². The third-order valence-electron chi connectivity index (χ3n) is 2.44. The first-order valence-electron chi connectivity index (χ1n) is 5.25. The zero-order valence-electron chi connectivity index (χ0n) is 9.55. The number of allylic oxidation sites excluding steroid dienone is 1. The summed E-state index contributed by atoms with van der Waals surface area (Å²) in [5.41, 5.74) is 8.44. The molecule has 0 spiro atoms. The third kappa shape index (κ3) is 2.60. The van der Waals surface area contributed by atoms with Crippen LogP contribution in [0, 0.1) is 24.1 Å². The fourth-order valence-electron chi connectivity index (χ4n) is 1.59. The second-order valence-corrected chi connectivity index (χ2v) is 3.71. The first-order valence-corrected chi connectivity index (χ1v) is 5.25. The molecule has 0 saturated carbocycles. The minimum Gasteiger partial charge on any atom is -0.397 e. The van der Waals surface area contributed by atoms with Crippen LogP contribution in [0.4, 0.5) is 4.39 Å². The van der Waals surface area contributed by atoms with E-state index in [0.29, 0.717) is 17.7 Å². The van der Waals surface area contributed by atoms with Gasteiger partial charge in [0.2, 0.25) is 0 Å².